The highest BCUT2D eigenvalue weighted by atomic mass is 19.4. The number of carbonyl (C=O) groups excluding carboxylic acids is 2. The third kappa shape index (κ3) is 7.73. The summed E-state index contributed by atoms with van der Waals surface area (Å²) < 4.78 is 48.5. The van der Waals surface area contributed by atoms with Gasteiger partial charge in [-0.3, -0.25) is 9.59 Å². The number of rotatable bonds is 10. The lowest BCUT2D eigenvalue weighted by atomic mass is 10.0. The third-order valence-corrected chi connectivity index (χ3v) is 6.41. The first-order valence-electron chi connectivity index (χ1n) is 12.5. The summed E-state index contributed by atoms with van der Waals surface area (Å²) in [5.41, 5.74) is 7.53. The molecule has 1 fully saturated rings. The molecule has 0 bridgehead atoms. The van der Waals surface area contributed by atoms with Gasteiger partial charge in [0.15, 0.2) is 0 Å². The van der Waals surface area contributed by atoms with Gasteiger partial charge in [-0.05, 0) is 35.9 Å². The number of halogens is 3. The van der Waals surface area contributed by atoms with Crippen molar-refractivity contribution in [3.05, 3.63) is 66.1 Å². The number of ether oxygens (including phenoxy) is 2. The maximum Gasteiger partial charge on any atom is 0.573 e. The maximum absolute atomic E-state index is 12.7. The molecule has 0 aliphatic carbocycles. The minimum atomic E-state index is -4.78. The number of likely N-dealkylation sites (tertiary alicyclic amines) is 1. The van der Waals surface area contributed by atoms with Crippen molar-refractivity contribution < 1.29 is 42.4 Å². The fourth-order valence-corrected chi connectivity index (χ4v) is 4.39. The van der Waals surface area contributed by atoms with Gasteiger partial charge in [0.25, 0.3) is 5.91 Å². The van der Waals surface area contributed by atoms with E-state index in [9.17, 15) is 27.9 Å². The van der Waals surface area contributed by atoms with Crippen molar-refractivity contribution in [1.82, 2.24) is 14.5 Å². The highest BCUT2D eigenvalue weighted by Gasteiger charge is 2.31. The van der Waals surface area contributed by atoms with Gasteiger partial charge in [0.1, 0.15) is 17.6 Å². The Morgan fingerprint density at radius 1 is 1.12 bits per heavy atom. The average Bonchev–Trinajstić information content (AvgIpc) is 3.37. The summed E-state index contributed by atoms with van der Waals surface area (Å²) in [7, 11) is 0. The van der Waals surface area contributed by atoms with Crippen LogP contribution in [0.15, 0.2) is 55.0 Å². The first-order chi connectivity index (χ1) is 19.0. The van der Waals surface area contributed by atoms with Crippen LogP contribution in [-0.2, 0) is 17.8 Å². The molecule has 0 saturated carbocycles. The standard InChI is InChI=1S/C27H29F3N4O6/c28-27(29,30)40-21-4-1-17(2-5-21)11-25(37)34-9-7-20(8-10-34)39-24-6-3-18(12-22(24)26(31)38)23-14-33(16-32-23)13-19(36)15-35/h1-6,12,14,16,19-20,35-36H,7-11,13,15H2,(H2,31,38)/t19-/m1/s1. The Kier molecular flexibility index (Phi) is 8.95. The van der Waals surface area contributed by atoms with Gasteiger partial charge >= 0.3 is 6.36 Å². The summed E-state index contributed by atoms with van der Waals surface area (Å²) in [4.78, 5) is 30.8. The Labute approximate surface area is 227 Å². The van der Waals surface area contributed by atoms with Gasteiger partial charge in [0.2, 0.25) is 5.91 Å². The summed E-state index contributed by atoms with van der Waals surface area (Å²) in [6.07, 6.45) is -1.70. The van der Waals surface area contributed by atoms with Crippen LogP contribution in [0.5, 0.6) is 11.5 Å². The molecular weight excluding hydrogens is 533 g/mol. The first-order valence-corrected chi connectivity index (χ1v) is 12.5. The normalized spacial score (nSPS) is 15.1. The second-order valence-electron chi connectivity index (χ2n) is 9.43. The molecule has 2 aromatic carbocycles. The van der Waals surface area contributed by atoms with Gasteiger partial charge in [-0.15, -0.1) is 13.2 Å². The topological polar surface area (TPSA) is 140 Å². The summed E-state index contributed by atoms with van der Waals surface area (Å²) in [6, 6.07) is 10.1. The molecule has 4 N–H and O–H groups in total. The number of benzene rings is 2. The molecule has 0 unspecified atom stereocenters. The molecule has 13 heteroatoms. The zero-order valence-corrected chi connectivity index (χ0v) is 21.4. The Hall–Kier alpha value is -4.10. The highest BCUT2D eigenvalue weighted by molar-refractivity contribution is 5.97. The number of hydrogen-bond acceptors (Lipinski definition) is 7. The quantitative estimate of drug-likeness (QED) is 0.345. The van der Waals surface area contributed by atoms with E-state index < -0.39 is 18.4 Å². The van der Waals surface area contributed by atoms with E-state index in [0.29, 0.717) is 48.5 Å². The molecule has 10 nitrogen and oxygen atoms in total. The molecule has 3 aromatic rings. The van der Waals surface area contributed by atoms with E-state index in [1.165, 1.54) is 30.6 Å². The Bertz CT molecular complexity index is 1320. The number of carbonyl (C=O) groups is 2. The summed E-state index contributed by atoms with van der Waals surface area (Å²) in [6.45, 7) is 0.619. The zero-order valence-electron chi connectivity index (χ0n) is 21.4. The number of aliphatic hydroxyl groups excluding tert-OH is 2. The molecule has 1 saturated heterocycles. The van der Waals surface area contributed by atoms with Gasteiger partial charge in [-0.2, -0.15) is 0 Å². The minimum Gasteiger partial charge on any atom is -0.489 e. The largest absolute Gasteiger partial charge is 0.573 e. The van der Waals surface area contributed by atoms with Crippen molar-refractivity contribution in [1.29, 1.82) is 0 Å². The predicted octanol–water partition coefficient (Wildman–Crippen LogP) is 2.51. The van der Waals surface area contributed by atoms with E-state index >= 15 is 0 Å². The molecule has 1 aliphatic heterocycles. The van der Waals surface area contributed by atoms with Crippen LogP contribution in [0.1, 0.15) is 28.8 Å². The van der Waals surface area contributed by atoms with Crippen LogP contribution in [0.3, 0.4) is 0 Å². The highest BCUT2D eigenvalue weighted by Crippen LogP contribution is 2.29. The van der Waals surface area contributed by atoms with E-state index in [0.717, 1.165) is 0 Å². The summed E-state index contributed by atoms with van der Waals surface area (Å²) >= 11 is 0. The van der Waals surface area contributed by atoms with Gasteiger partial charge in [-0.1, -0.05) is 12.1 Å². The molecule has 1 aliphatic rings. The number of alkyl halides is 3. The number of nitrogens with zero attached hydrogens (tertiary/aromatic N) is 3. The molecule has 4 rings (SSSR count). The van der Waals surface area contributed by atoms with Crippen LogP contribution in [0.2, 0.25) is 0 Å². The van der Waals surface area contributed by atoms with Crippen molar-refractivity contribution in [2.75, 3.05) is 19.7 Å². The number of nitrogens with two attached hydrogens (primary N) is 1. The maximum atomic E-state index is 12.7. The number of aromatic nitrogens is 2. The van der Waals surface area contributed by atoms with Crippen molar-refractivity contribution in [3.63, 3.8) is 0 Å². The molecule has 40 heavy (non-hydrogen) atoms. The fraction of sp³-hybridized carbons (Fsp3) is 0.370. The Morgan fingerprint density at radius 3 is 2.45 bits per heavy atom. The van der Waals surface area contributed by atoms with E-state index in [-0.39, 0.29) is 42.9 Å². The van der Waals surface area contributed by atoms with Gasteiger partial charge in [-0.25, -0.2) is 4.98 Å². The molecule has 1 atom stereocenters. The number of imidazole rings is 1. The SMILES string of the molecule is NC(=O)c1cc(-c2cn(C[C@@H](O)CO)cn2)ccc1OC1CCN(C(=O)Cc2ccc(OC(F)(F)F)cc2)CC1. The summed E-state index contributed by atoms with van der Waals surface area (Å²) in [5.74, 6) is -0.864. The monoisotopic (exact) mass is 562 g/mol. The molecule has 214 valence electrons. The third-order valence-electron chi connectivity index (χ3n) is 6.41. The number of primary amides is 1. The Balaban J connectivity index is 1.33. The Morgan fingerprint density at radius 2 is 1.82 bits per heavy atom. The number of amides is 2. The van der Waals surface area contributed by atoms with Crippen LogP contribution < -0.4 is 15.2 Å². The second kappa shape index (κ2) is 12.4. The summed E-state index contributed by atoms with van der Waals surface area (Å²) in [5, 5.41) is 18.6. The van der Waals surface area contributed by atoms with Crippen LogP contribution in [0.25, 0.3) is 11.3 Å². The van der Waals surface area contributed by atoms with E-state index in [1.807, 2.05) is 0 Å². The minimum absolute atomic E-state index is 0.0415. The van der Waals surface area contributed by atoms with Crippen LogP contribution in [0.4, 0.5) is 13.2 Å². The molecule has 0 radical (unpaired) electrons. The molecule has 1 aromatic heterocycles. The lowest BCUT2D eigenvalue weighted by Crippen LogP contribution is -2.42. The number of aliphatic hydroxyl groups is 2. The lowest BCUT2D eigenvalue weighted by molar-refractivity contribution is -0.274. The van der Waals surface area contributed by atoms with Crippen molar-refractivity contribution >= 4 is 11.8 Å². The van der Waals surface area contributed by atoms with E-state index in [2.05, 4.69) is 9.72 Å². The predicted molar refractivity (Wildman–Crippen MR) is 136 cm³/mol. The fourth-order valence-electron chi connectivity index (χ4n) is 4.39. The molecule has 2 heterocycles. The van der Waals surface area contributed by atoms with Crippen molar-refractivity contribution in [2.24, 2.45) is 5.73 Å². The van der Waals surface area contributed by atoms with Crippen LogP contribution in [-0.4, -0.2) is 74.7 Å². The van der Waals surface area contributed by atoms with Crippen LogP contribution in [0, 0.1) is 0 Å². The van der Waals surface area contributed by atoms with E-state index in [4.69, 9.17) is 15.6 Å². The molecule has 2 amide bonds. The van der Waals surface area contributed by atoms with Crippen molar-refractivity contribution in [2.45, 2.75) is 44.4 Å². The van der Waals surface area contributed by atoms with Gasteiger partial charge in [0.05, 0.1) is 43.3 Å². The molecule has 0 spiro atoms. The number of piperidine rings is 1. The molecular formula is C27H29F3N4O6. The smallest absolute Gasteiger partial charge is 0.489 e. The van der Waals surface area contributed by atoms with Gasteiger partial charge < -0.3 is 34.9 Å². The van der Waals surface area contributed by atoms with Crippen molar-refractivity contribution in [3.8, 4) is 22.8 Å². The second-order valence-corrected chi connectivity index (χ2v) is 9.43. The average molecular weight is 563 g/mol. The van der Waals surface area contributed by atoms with Gasteiger partial charge in [0, 0.05) is 37.7 Å². The zero-order chi connectivity index (χ0) is 28.9. The van der Waals surface area contributed by atoms with E-state index in [1.54, 1.807) is 33.9 Å². The number of hydrogen-bond donors (Lipinski definition) is 3. The van der Waals surface area contributed by atoms with Crippen LogP contribution >= 0.6 is 0 Å². The lowest BCUT2D eigenvalue weighted by Gasteiger charge is -2.32. The first kappa shape index (κ1) is 28.9.